The van der Waals surface area contributed by atoms with Crippen molar-refractivity contribution < 1.29 is 9.53 Å². The first-order valence-corrected chi connectivity index (χ1v) is 7.16. The van der Waals surface area contributed by atoms with Gasteiger partial charge < -0.3 is 9.72 Å². The van der Waals surface area contributed by atoms with Crippen LogP contribution in [-0.2, 0) is 16.0 Å². The lowest BCUT2D eigenvalue weighted by atomic mass is 10.0. The monoisotopic (exact) mass is 272 g/mol. The van der Waals surface area contributed by atoms with Crippen molar-refractivity contribution in [1.29, 1.82) is 0 Å². The van der Waals surface area contributed by atoms with Crippen molar-refractivity contribution in [3.8, 4) is 0 Å². The molecule has 1 saturated heterocycles. The van der Waals surface area contributed by atoms with Crippen molar-refractivity contribution in [3.63, 3.8) is 0 Å². The molecule has 0 spiro atoms. The molecule has 3 rings (SSSR count). The van der Waals surface area contributed by atoms with Crippen LogP contribution in [-0.4, -0.2) is 41.6 Å². The van der Waals surface area contributed by atoms with Gasteiger partial charge in [-0.25, -0.2) is 0 Å². The van der Waals surface area contributed by atoms with Crippen LogP contribution in [0.15, 0.2) is 30.5 Å². The van der Waals surface area contributed by atoms with E-state index < -0.39 is 0 Å². The van der Waals surface area contributed by atoms with Crippen molar-refractivity contribution in [2.24, 2.45) is 0 Å². The van der Waals surface area contributed by atoms with Gasteiger partial charge in [-0.1, -0.05) is 18.2 Å². The molecular weight excluding hydrogens is 252 g/mol. The molecule has 1 N–H and O–H groups in total. The van der Waals surface area contributed by atoms with Gasteiger partial charge in [-0.2, -0.15) is 0 Å². The van der Waals surface area contributed by atoms with Crippen LogP contribution in [0.5, 0.6) is 0 Å². The zero-order valence-corrected chi connectivity index (χ0v) is 11.8. The van der Waals surface area contributed by atoms with E-state index in [9.17, 15) is 4.79 Å². The largest absolute Gasteiger partial charge is 0.464 e. The molecule has 1 fully saturated rings. The Morgan fingerprint density at radius 3 is 3.05 bits per heavy atom. The lowest BCUT2D eigenvalue weighted by Crippen LogP contribution is -2.51. The molecule has 4 heteroatoms. The maximum absolute atomic E-state index is 10.8. The van der Waals surface area contributed by atoms with Crippen molar-refractivity contribution >= 4 is 16.9 Å². The maximum Gasteiger partial charge on any atom is 0.302 e. The molecule has 0 bridgehead atoms. The second-order valence-corrected chi connectivity index (χ2v) is 5.39. The summed E-state index contributed by atoms with van der Waals surface area (Å²) in [5.74, 6) is -0.187. The molecule has 2 aromatic rings. The van der Waals surface area contributed by atoms with Crippen LogP contribution in [0.4, 0.5) is 0 Å². The number of ether oxygens (including phenoxy) is 1. The molecule has 1 aliphatic heterocycles. The SMILES string of the molecule is CC(=O)OCC1CCN1CCc1c[nH]c2ccccc12. The highest BCUT2D eigenvalue weighted by Gasteiger charge is 2.28. The Kier molecular flexibility index (Phi) is 3.74. The van der Waals surface area contributed by atoms with Gasteiger partial charge in [-0.05, 0) is 24.5 Å². The smallest absolute Gasteiger partial charge is 0.302 e. The Labute approximate surface area is 118 Å². The molecule has 20 heavy (non-hydrogen) atoms. The van der Waals surface area contributed by atoms with Crippen molar-refractivity contribution in [1.82, 2.24) is 9.88 Å². The number of H-pyrrole nitrogens is 1. The molecule has 0 saturated carbocycles. The minimum Gasteiger partial charge on any atom is -0.464 e. The number of aromatic nitrogens is 1. The lowest BCUT2D eigenvalue weighted by molar-refractivity contribution is -0.144. The average molecular weight is 272 g/mol. The first kappa shape index (κ1) is 13.2. The minimum atomic E-state index is -0.187. The number of carbonyl (C=O) groups excluding carboxylic acids is 1. The lowest BCUT2D eigenvalue weighted by Gasteiger charge is -2.40. The maximum atomic E-state index is 10.8. The number of likely N-dealkylation sites (tertiary alicyclic amines) is 1. The second kappa shape index (κ2) is 5.67. The number of benzene rings is 1. The number of hydrogen-bond donors (Lipinski definition) is 1. The number of nitrogens with one attached hydrogen (secondary N) is 1. The molecule has 0 aliphatic carbocycles. The van der Waals surface area contributed by atoms with Crippen molar-refractivity contribution in [3.05, 3.63) is 36.0 Å². The highest BCUT2D eigenvalue weighted by atomic mass is 16.5. The fourth-order valence-corrected chi connectivity index (χ4v) is 2.79. The number of rotatable bonds is 5. The molecule has 1 atom stereocenters. The molecule has 106 valence electrons. The number of esters is 1. The Bertz CT molecular complexity index is 605. The van der Waals surface area contributed by atoms with E-state index >= 15 is 0 Å². The standard InChI is InChI=1S/C16H20N2O2/c1-12(19)20-11-14-7-9-18(14)8-6-13-10-17-16-5-3-2-4-15(13)16/h2-5,10,14,17H,6-9,11H2,1H3. The molecule has 1 aliphatic rings. The summed E-state index contributed by atoms with van der Waals surface area (Å²) in [6.45, 7) is 4.13. The molecule has 0 amide bonds. The number of aromatic amines is 1. The number of carbonyl (C=O) groups is 1. The van der Waals surface area contributed by atoms with E-state index in [0.717, 1.165) is 25.9 Å². The summed E-state index contributed by atoms with van der Waals surface area (Å²) in [6, 6.07) is 8.80. The van der Waals surface area contributed by atoms with Crippen LogP contribution in [0.25, 0.3) is 10.9 Å². The van der Waals surface area contributed by atoms with Crippen LogP contribution in [0, 0.1) is 0 Å². The highest BCUT2D eigenvalue weighted by Crippen LogP contribution is 2.21. The zero-order valence-electron chi connectivity index (χ0n) is 11.8. The van der Waals surface area contributed by atoms with E-state index in [4.69, 9.17) is 4.74 Å². The van der Waals surface area contributed by atoms with Crippen molar-refractivity contribution in [2.45, 2.75) is 25.8 Å². The molecule has 2 heterocycles. The van der Waals surface area contributed by atoms with Gasteiger partial charge in [0.05, 0.1) is 0 Å². The van der Waals surface area contributed by atoms with Crippen LogP contribution < -0.4 is 0 Å². The van der Waals surface area contributed by atoms with Gasteiger partial charge in [-0.15, -0.1) is 0 Å². The summed E-state index contributed by atoms with van der Waals surface area (Å²) in [6.07, 6.45) is 4.26. The summed E-state index contributed by atoms with van der Waals surface area (Å²) in [7, 11) is 0. The fourth-order valence-electron chi connectivity index (χ4n) is 2.79. The van der Waals surface area contributed by atoms with Gasteiger partial charge in [-0.3, -0.25) is 9.69 Å². The summed E-state index contributed by atoms with van der Waals surface area (Å²) in [4.78, 5) is 16.5. The number of para-hydroxylation sites is 1. The predicted molar refractivity (Wildman–Crippen MR) is 78.6 cm³/mol. The van der Waals surface area contributed by atoms with E-state index in [1.807, 2.05) is 6.07 Å². The van der Waals surface area contributed by atoms with Gasteiger partial charge in [0.2, 0.25) is 0 Å². The molecule has 4 nitrogen and oxygen atoms in total. The Balaban J connectivity index is 1.56. The average Bonchev–Trinajstić information content (AvgIpc) is 2.81. The second-order valence-electron chi connectivity index (χ2n) is 5.39. The molecule has 1 aromatic carbocycles. The number of hydrogen-bond acceptors (Lipinski definition) is 3. The van der Waals surface area contributed by atoms with E-state index in [2.05, 4.69) is 34.3 Å². The van der Waals surface area contributed by atoms with Gasteiger partial charge in [0.1, 0.15) is 6.61 Å². The molecular formula is C16H20N2O2. The van der Waals surface area contributed by atoms with Crippen LogP contribution >= 0.6 is 0 Å². The quantitative estimate of drug-likeness (QED) is 0.850. The van der Waals surface area contributed by atoms with Gasteiger partial charge in [0, 0.05) is 43.2 Å². The minimum absolute atomic E-state index is 0.187. The molecule has 1 aromatic heterocycles. The fraction of sp³-hybridized carbons (Fsp3) is 0.438. The Hall–Kier alpha value is -1.81. The van der Waals surface area contributed by atoms with E-state index in [1.54, 1.807) is 0 Å². The highest BCUT2D eigenvalue weighted by molar-refractivity contribution is 5.83. The third-order valence-electron chi connectivity index (χ3n) is 4.09. The third kappa shape index (κ3) is 2.70. The normalized spacial score (nSPS) is 18.9. The summed E-state index contributed by atoms with van der Waals surface area (Å²) in [5, 5.41) is 1.31. The van der Waals surface area contributed by atoms with Gasteiger partial charge in [0.25, 0.3) is 0 Å². The Morgan fingerprint density at radius 1 is 1.45 bits per heavy atom. The molecule has 1 unspecified atom stereocenters. The number of nitrogens with zero attached hydrogens (tertiary/aromatic N) is 1. The van der Waals surface area contributed by atoms with E-state index in [-0.39, 0.29) is 5.97 Å². The van der Waals surface area contributed by atoms with Crippen LogP contribution in [0.3, 0.4) is 0 Å². The van der Waals surface area contributed by atoms with Crippen LogP contribution in [0.1, 0.15) is 18.9 Å². The summed E-state index contributed by atoms with van der Waals surface area (Å²) >= 11 is 0. The van der Waals surface area contributed by atoms with Gasteiger partial charge in [0.15, 0.2) is 0 Å². The summed E-state index contributed by atoms with van der Waals surface area (Å²) < 4.78 is 5.10. The third-order valence-corrected chi connectivity index (χ3v) is 4.09. The van der Waals surface area contributed by atoms with Crippen molar-refractivity contribution in [2.75, 3.05) is 19.7 Å². The zero-order chi connectivity index (χ0) is 13.9. The predicted octanol–water partition coefficient (Wildman–Crippen LogP) is 2.35. The first-order chi connectivity index (χ1) is 9.74. The topological polar surface area (TPSA) is 45.3 Å². The summed E-state index contributed by atoms with van der Waals surface area (Å²) in [5.41, 5.74) is 2.56. The van der Waals surface area contributed by atoms with Gasteiger partial charge >= 0.3 is 5.97 Å². The van der Waals surface area contributed by atoms with E-state index in [1.165, 1.54) is 23.4 Å². The van der Waals surface area contributed by atoms with Crippen LogP contribution in [0.2, 0.25) is 0 Å². The number of fused-ring (bicyclic) bond motifs is 1. The Morgan fingerprint density at radius 2 is 2.30 bits per heavy atom. The molecule has 0 radical (unpaired) electrons. The van der Waals surface area contributed by atoms with E-state index in [0.29, 0.717) is 12.6 Å². The first-order valence-electron chi connectivity index (χ1n) is 7.16.